The summed E-state index contributed by atoms with van der Waals surface area (Å²) < 4.78 is 0. The first-order valence-electron chi connectivity index (χ1n) is 32.3. The first kappa shape index (κ1) is 81.0. The van der Waals surface area contributed by atoms with Crippen LogP contribution in [0.1, 0.15) is 155 Å². The summed E-state index contributed by atoms with van der Waals surface area (Å²) in [4.78, 5) is 140. The molecule has 0 radical (unpaired) electrons. The Morgan fingerprint density at radius 2 is 0.978 bits per heavy atom. The number of amides is 9. The van der Waals surface area contributed by atoms with Crippen LogP contribution >= 0.6 is 0 Å². The molecule has 0 aromatic heterocycles. The summed E-state index contributed by atoms with van der Waals surface area (Å²) in [5.74, 6) is -6.54. The van der Waals surface area contributed by atoms with Crippen molar-refractivity contribution in [1.82, 2.24) is 50.2 Å². The van der Waals surface area contributed by atoms with Gasteiger partial charge in [-0.2, -0.15) is 0 Å². The highest BCUT2D eigenvalue weighted by molar-refractivity contribution is 5.98. The predicted molar refractivity (Wildman–Crippen MR) is 351 cm³/mol. The molecule has 0 spiro atoms. The van der Waals surface area contributed by atoms with E-state index in [-0.39, 0.29) is 67.7 Å². The first-order valence-corrected chi connectivity index (χ1v) is 32.3. The lowest BCUT2D eigenvalue weighted by atomic mass is 9.91. The van der Waals surface area contributed by atoms with Gasteiger partial charge in [-0.1, -0.05) is 139 Å². The summed E-state index contributed by atoms with van der Waals surface area (Å²) in [6, 6.07) is 0.0323. The number of nitrogens with zero attached hydrogens (tertiary/aromatic N) is 7. The molecule has 13 atom stereocenters. The van der Waals surface area contributed by atoms with Crippen LogP contribution < -0.4 is 21.7 Å². The normalized spacial score (nSPS) is 16.3. The van der Waals surface area contributed by atoms with Gasteiger partial charge < -0.3 is 61.3 Å². The van der Waals surface area contributed by atoms with Crippen LogP contribution in [-0.4, -0.2) is 227 Å². The molecule has 1 rings (SSSR count). The van der Waals surface area contributed by atoms with Crippen molar-refractivity contribution in [3.8, 4) is 0 Å². The van der Waals surface area contributed by atoms with Gasteiger partial charge in [0.2, 0.25) is 53.2 Å². The molecule has 2 unspecified atom stereocenters. The number of aliphatic hydroxyl groups is 2. The first-order chi connectivity index (χ1) is 41.3. The lowest BCUT2D eigenvalue weighted by Gasteiger charge is -2.41. The highest BCUT2D eigenvalue weighted by Gasteiger charge is 2.45. The zero-order chi connectivity index (χ0) is 68.6. The number of carbonyl (C=O) groups is 9. The number of carbonyl (C=O) groups excluding carboxylic acids is 9. The number of nitrogens with one attached hydrogen (secondary N) is 3. The average Bonchev–Trinajstić information content (AvgIpc) is 3.68. The van der Waals surface area contributed by atoms with Gasteiger partial charge in [-0.05, 0) is 107 Å². The Morgan fingerprint density at radius 1 is 0.517 bits per heavy atom. The summed E-state index contributed by atoms with van der Waals surface area (Å²) in [7, 11) is 10.8. The SMILES string of the molecule is C/C=C\C[C@@H](C)[C@H](O)C(C(=O)N[C@@H](CC)C(=O)N(C)CCN(C)[C@H](Cc1ccccc1)C(N)O)N(C)C(=O)[C@@H](C(C)C)N(C)C(=O)[C@@H](CC(C)C)N(C)C(=O)[C@@H](CC(C)C)N(C)C(=O)[C@H](C)NC(=O)[C@H](CC)NC(=O)[C@H](CC(C)C)N(C)C(=O)[C@H](C)C(C)C. The average molecular weight is 1250 g/mol. The molecule has 0 aliphatic carbocycles. The second kappa shape index (κ2) is 38.7. The van der Waals surface area contributed by atoms with Gasteiger partial charge in [0.25, 0.3) is 0 Å². The van der Waals surface area contributed by atoms with Crippen molar-refractivity contribution in [3.05, 3.63) is 48.0 Å². The van der Waals surface area contributed by atoms with E-state index in [1.165, 1.54) is 59.6 Å². The number of aliphatic hydroxyl groups excluding tert-OH is 2. The number of likely N-dealkylation sites (N-methyl/N-ethyl adjacent to an activating group) is 7. The molecule has 89 heavy (non-hydrogen) atoms. The second-order valence-corrected chi connectivity index (χ2v) is 26.8. The number of hydrogen-bond acceptors (Lipinski definition) is 13. The lowest BCUT2D eigenvalue weighted by molar-refractivity contribution is -0.157. The minimum absolute atomic E-state index is 0.0431. The molecule has 0 saturated carbocycles. The van der Waals surface area contributed by atoms with Crippen molar-refractivity contribution in [2.45, 2.75) is 222 Å². The maximum atomic E-state index is 15.2. The highest BCUT2D eigenvalue weighted by atomic mass is 16.3. The Labute approximate surface area is 534 Å². The van der Waals surface area contributed by atoms with Crippen LogP contribution in [-0.2, 0) is 49.6 Å². The van der Waals surface area contributed by atoms with Gasteiger partial charge in [0, 0.05) is 61.3 Å². The monoisotopic (exact) mass is 1250 g/mol. The van der Waals surface area contributed by atoms with E-state index in [1.54, 1.807) is 48.7 Å². The van der Waals surface area contributed by atoms with E-state index in [2.05, 4.69) is 16.0 Å². The smallest absolute Gasteiger partial charge is 0.246 e. The van der Waals surface area contributed by atoms with Crippen LogP contribution in [0.15, 0.2) is 42.5 Å². The molecule has 22 nitrogen and oxygen atoms in total. The molecule has 1 aromatic rings. The Hall–Kier alpha value is -5.97. The van der Waals surface area contributed by atoms with E-state index in [9.17, 15) is 39.0 Å². The van der Waals surface area contributed by atoms with Gasteiger partial charge >= 0.3 is 0 Å². The Bertz CT molecular complexity index is 2440. The van der Waals surface area contributed by atoms with Crippen LogP contribution in [0.3, 0.4) is 0 Å². The quantitative estimate of drug-likeness (QED) is 0.0386. The molecule has 0 bridgehead atoms. The molecule has 0 heterocycles. The van der Waals surface area contributed by atoms with Gasteiger partial charge in [0.05, 0.1) is 12.1 Å². The number of nitrogens with two attached hydrogens (primary N) is 1. The molecule has 0 aliphatic rings. The predicted octanol–water partition coefficient (Wildman–Crippen LogP) is 4.74. The largest absolute Gasteiger partial charge is 0.390 e. The summed E-state index contributed by atoms with van der Waals surface area (Å²) in [6.45, 7) is 29.7. The standard InChI is InChI=1S/C67H119N11O11/c1-24-27-31-45(14)57(79)56(61(83)71-50(26-3)64(86)73(18)35-34-72(17)51(58(68)80)39-48-32-29-28-30-33-48)78(23)67(89)55(44(12)13)77(22)66(88)54(38-42(8)9)76(21)65(87)53(37-41(6)7)75(20)63(85)47(16)69-59(81)49(25-2)70-60(82)52(36-40(4)5)74(19)62(84)46(15)43(10)11/h24,27-30,32-33,40-47,49-58,79-80H,25-26,31,34-39,68H2,1-23H3,(H,69,81)(H,70,82)(H,71,83)/b27-24-/t45-,46-,47+,49+,50+,51-,52+,53-,54-,55-,56?,57+,58?/m1/s1. The zero-order valence-corrected chi connectivity index (χ0v) is 58.6. The van der Waals surface area contributed by atoms with E-state index in [4.69, 9.17) is 5.73 Å². The number of hydrogen-bond donors (Lipinski definition) is 6. The third kappa shape index (κ3) is 24.3. The molecular weight excluding hydrogens is 1130 g/mol. The van der Waals surface area contributed by atoms with Crippen molar-refractivity contribution >= 4 is 53.2 Å². The highest BCUT2D eigenvalue weighted by Crippen LogP contribution is 2.26. The fourth-order valence-corrected chi connectivity index (χ4v) is 11.0. The van der Waals surface area contributed by atoms with Crippen LogP contribution in [0.2, 0.25) is 0 Å². The molecule has 0 saturated heterocycles. The van der Waals surface area contributed by atoms with E-state index in [0.29, 0.717) is 25.8 Å². The summed E-state index contributed by atoms with van der Waals surface area (Å²) >= 11 is 0. The minimum Gasteiger partial charge on any atom is -0.390 e. The fourth-order valence-electron chi connectivity index (χ4n) is 11.0. The van der Waals surface area contributed by atoms with Crippen LogP contribution in [0, 0.1) is 41.4 Å². The van der Waals surface area contributed by atoms with Crippen LogP contribution in [0.25, 0.3) is 0 Å². The third-order valence-corrected chi connectivity index (χ3v) is 17.3. The van der Waals surface area contributed by atoms with Crippen LogP contribution in [0.4, 0.5) is 0 Å². The molecule has 0 aliphatic heterocycles. The van der Waals surface area contributed by atoms with Crippen molar-refractivity contribution in [2.24, 2.45) is 47.2 Å². The topological polar surface area (TPSA) is 279 Å². The second-order valence-electron chi connectivity index (χ2n) is 26.8. The van der Waals surface area contributed by atoms with Crippen molar-refractivity contribution < 1.29 is 53.4 Å². The molecule has 7 N–H and O–H groups in total. The Balaban J connectivity index is 3.61. The maximum absolute atomic E-state index is 15.2. The van der Waals surface area contributed by atoms with Crippen molar-refractivity contribution in [2.75, 3.05) is 62.4 Å². The molecular formula is C67H119N11O11. The molecule has 9 amide bonds. The summed E-state index contributed by atoms with van der Waals surface area (Å²) in [5.41, 5.74) is 7.00. The van der Waals surface area contributed by atoms with Crippen molar-refractivity contribution in [1.29, 1.82) is 0 Å². The molecule has 1 aromatic carbocycles. The summed E-state index contributed by atoms with van der Waals surface area (Å²) in [6.07, 6.45) is 2.93. The minimum atomic E-state index is -1.53. The number of allylic oxidation sites excluding steroid dienone is 2. The van der Waals surface area contributed by atoms with E-state index in [0.717, 1.165) is 10.5 Å². The van der Waals surface area contributed by atoms with Gasteiger partial charge in [-0.15, -0.1) is 0 Å². The van der Waals surface area contributed by atoms with E-state index in [1.807, 2.05) is 124 Å². The Morgan fingerprint density at radius 3 is 1.44 bits per heavy atom. The van der Waals surface area contributed by atoms with Gasteiger partial charge in [0.1, 0.15) is 54.6 Å². The molecule has 22 heteroatoms. The zero-order valence-electron chi connectivity index (χ0n) is 58.6. The van der Waals surface area contributed by atoms with Crippen molar-refractivity contribution in [3.63, 3.8) is 0 Å². The fraction of sp³-hybridized carbons (Fsp3) is 0.746. The van der Waals surface area contributed by atoms with Gasteiger partial charge in [0.15, 0.2) is 0 Å². The van der Waals surface area contributed by atoms with E-state index < -0.39 is 126 Å². The lowest BCUT2D eigenvalue weighted by Crippen LogP contribution is -2.63. The third-order valence-electron chi connectivity index (χ3n) is 17.3. The van der Waals surface area contributed by atoms with Gasteiger partial charge in [-0.25, -0.2) is 0 Å². The maximum Gasteiger partial charge on any atom is 0.246 e. The summed E-state index contributed by atoms with van der Waals surface area (Å²) in [5, 5.41) is 31.0. The molecule has 508 valence electrons. The van der Waals surface area contributed by atoms with Gasteiger partial charge in [-0.3, -0.25) is 48.1 Å². The number of benzene rings is 1. The van der Waals surface area contributed by atoms with E-state index >= 15 is 14.4 Å². The number of rotatable bonds is 38. The van der Waals surface area contributed by atoms with Crippen LogP contribution in [0.5, 0.6) is 0 Å². The Kier molecular flexibility index (Phi) is 35.2. The molecule has 0 fully saturated rings.